The van der Waals surface area contributed by atoms with E-state index in [0.29, 0.717) is 0 Å². The van der Waals surface area contributed by atoms with Gasteiger partial charge in [0.25, 0.3) is 0 Å². The number of rotatable bonds is 8. The normalized spacial score (nSPS) is 11.6. The van der Waals surface area contributed by atoms with E-state index in [1.54, 1.807) is 0 Å². The van der Waals surface area contributed by atoms with Gasteiger partial charge in [0.1, 0.15) is 11.2 Å². The molecule has 0 bridgehead atoms. The Morgan fingerprint density at radius 3 is 1.50 bits per heavy atom. The summed E-state index contributed by atoms with van der Waals surface area (Å²) in [5.41, 5.74) is 16.8. The van der Waals surface area contributed by atoms with Gasteiger partial charge in [-0.2, -0.15) is 0 Å². The summed E-state index contributed by atoms with van der Waals surface area (Å²) in [6, 6.07) is 99.2. The van der Waals surface area contributed by atoms with Crippen molar-refractivity contribution in [1.82, 2.24) is 0 Å². The maximum Gasteiger partial charge on any atom is 0.143 e. The molecule has 13 aromatic carbocycles. The van der Waals surface area contributed by atoms with Crippen molar-refractivity contribution in [3.05, 3.63) is 273 Å². The summed E-state index contributed by atoms with van der Waals surface area (Å²) in [7, 11) is 0. The maximum absolute atomic E-state index is 6.73. The average Bonchev–Trinajstić information content (AvgIpc) is 3.85. The van der Waals surface area contributed by atoms with Crippen LogP contribution in [0.25, 0.3) is 121 Å². The van der Waals surface area contributed by atoms with E-state index in [-0.39, 0.29) is 0 Å². The van der Waals surface area contributed by atoms with E-state index in [2.05, 4.69) is 278 Å². The average molecular weight is 916 g/mol. The molecule has 0 saturated carbocycles. The van der Waals surface area contributed by atoms with Gasteiger partial charge in [0.2, 0.25) is 0 Å². The smallest absolute Gasteiger partial charge is 0.143 e. The van der Waals surface area contributed by atoms with Crippen LogP contribution >= 0.6 is 0 Å². The van der Waals surface area contributed by atoms with Crippen LogP contribution in [0.5, 0.6) is 0 Å². The van der Waals surface area contributed by atoms with Crippen LogP contribution in [0.2, 0.25) is 0 Å². The SMILES string of the molecule is c1ccc(-c2c(-c3ccccc3)c3cc(-c4ccc(N(c5ccc(-c6cccc7ccccc67)cc5)c5ccccc5-c5cccc6oc7c8ccccc8ccc7c56)cc4)ccc3c3ccccc23)cc1. The summed E-state index contributed by atoms with van der Waals surface area (Å²) >= 11 is 0. The largest absolute Gasteiger partial charge is 0.455 e. The summed E-state index contributed by atoms with van der Waals surface area (Å²) in [5, 5.41) is 12.0. The lowest BCUT2D eigenvalue weighted by atomic mass is 9.84. The number of fused-ring (bicyclic) bond motifs is 9. The van der Waals surface area contributed by atoms with Crippen molar-refractivity contribution in [2.75, 3.05) is 4.90 Å². The second-order valence-electron chi connectivity index (χ2n) is 18.7. The lowest BCUT2D eigenvalue weighted by Crippen LogP contribution is -2.11. The second-order valence-corrected chi connectivity index (χ2v) is 18.7. The Balaban J connectivity index is 0.941. The lowest BCUT2D eigenvalue weighted by Gasteiger charge is -2.28. The van der Waals surface area contributed by atoms with Crippen LogP contribution in [0.4, 0.5) is 17.1 Å². The molecule has 2 heteroatoms. The molecular weight excluding hydrogens is 871 g/mol. The van der Waals surface area contributed by atoms with Gasteiger partial charge in [-0.25, -0.2) is 0 Å². The van der Waals surface area contributed by atoms with Crippen LogP contribution in [-0.2, 0) is 0 Å². The fraction of sp³-hybridized carbons (Fsp3) is 0. The Kier molecular flexibility index (Phi) is 9.89. The Morgan fingerprint density at radius 2 is 0.764 bits per heavy atom. The number of anilines is 3. The molecule has 0 aliphatic carbocycles. The van der Waals surface area contributed by atoms with Crippen molar-refractivity contribution in [2.24, 2.45) is 0 Å². The van der Waals surface area contributed by atoms with Gasteiger partial charge in [-0.15, -0.1) is 0 Å². The van der Waals surface area contributed by atoms with Crippen LogP contribution in [0, 0.1) is 0 Å². The second kappa shape index (κ2) is 17.2. The van der Waals surface area contributed by atoms with Crippen molar-refractivity contribution >= 4 is 82.1 Å². The third-order valence-corrected chi connectivity index (χ3v) is 14.7. The van der Waals surface area contributed by atoms with Crippen molar-refractivity contribution in [3.63, 3.8) is 0 Å². The van der Waals surface area contributed by atoms with Gasteiger partial charge in [0.15, 0.2) is 0 Å². The molecule has 0 saturated heterocycles. The molecule has 0 amide bonds. The van der Waals surface area contributed by atoms with Gasteiger partial charge >= 0.3 is 0 Å². The van der Waals surface area contributed by atoms with E-state index in [9.17, 15) is 0 Å². The molecule has 0 spiro atoms. The molecule has 0 aliphatic heterocycles. The van der Waals surface area contributed by atoms with Gasteiger partial charge < -0.3 is 9.32 Å². The van der Waals surface area contributed by atoms with Crippen LogP contribution in [0.3, 0.4) is 0 Å². The Morgan fingerprint density at radius 1 is 0.264 bits per heavy atom. The van der Waals surface area contributed by atoms with Crippen molar-refractivity contribution in [3.8, 4) is 55.6 Å². The van der Waals surface area contributed by atoms with Crippen molar-refractivity contribution < 1.29 is 4.42 Å². The summed E-state index contributed by atoms with van der Waals surface area (Å²) in [5.74, 6) is 0. The van der Waals surface area contributed by atoms with Crippen LogP contribution in [-0.4, -0.2) is 0 Å². The topological polar surface area (TPSA) is 16.4 Å². The van der Waals surface area contributed by atoms with Gasteiger partial charge in [0.05, 0.1) is 5.69 Å². The number of benzene rings is 13. The van der Waals surface area contributed by atoms with E-state index in [4.69, 9.17) is 4.42 Å². The predicted octanol–water partition coefficient (Wildman–Crippen LogP) is 20.0. The number of para-hydroxylation sites is 1. The summed E-state index contributed by atoms with van der Waals surface area (Å²) in [4.78, 5) is 2.41. The highest BCUT2D eigenvalue weighted by Gasteiger charge is 2.23. The fourth-order valence-electron chi connectivity index (χ4n) is 11.4. The molecule has 1 aromatic heterocycles. The highest BCUT2D eigenvalue weighted by molar-refractivity contribution is 6.23. The minimum absolute atomic E-state index is 0.874. The first-order valence-corrected chi connectivity index (χ1v) is 24.7. The van der Waals surface area contributed by atoms with Gasteiger partial charge in [-0.05, 0) is 136 Å². The molecule has 0 aliphatic rings. The number of nitrogens with zero attached hydrogens (tertiary/aromatic N) is 1. The molecular formula is C70H45NO. The molecule has 72 heavy (non-hydrogen) atoms. The molecule has 0 fully saturated rings. The van der Waals surface area contributed by atoms with E-state index >= 15 is 0 Å². The third-order valence-electron chi connectivity index (χ3n) is 14.7. The van der Waals surface area contributed by atoms with Crippen molar-refractivity contribution in [2.45, 2.75) is 0 Å². The van der Waals surface area contributed by atoms with E-state index in [1.165, 1.54) is 71.1 Å². The van der Waals surface area contributed by atoms with Crippen LogP contribution in [0.1, 0.15) is 0 Å². The minimum Gasteiger partial charge on any atom is -0.455 e. The molecule has 0 radical (unpaired) electrons. The standard InChI is InChI=1S/C70H45NO/c1-3-19-50(20-4-1)67-61-28-12-11-26-58(61)59-43-38-52(45-64(59)68(67)51-21-5-2-6-22-51)46-33-39-53(40-34-46)71(54-41-35-49(36-42-54)56-29-15-23-47-17-7-9-24-55(47)56)65-31-14-13-27-60(65)62-30-16-32-66-69(62)63-44-37-48-18-8-10-25-57(48)70(63)72-66/h1-45H. The maximum atomic E-state index is 6.73. The monoisotopic (exact) mass is 915 g/mol. The zero-order valence-electron chi connectivity index (χ0n) is 39.3. The Bertz CT molecular complexity index is 4360. The Hall–Kier alpha value is -9.50. The van der Waals surface area contributed by atoms with Gasteiger partial charge in [-0.1, -0.05) is 224 Å². The zero-order chi connectivity index (χ0) is 47.5. The Labute approximate surface area is 417 Å². The third kappa shape index (κ3) is 6.88. The molecule has 0 unspecified atom stereocenters. The summed E-state index contributed by atoms with van der Waals surface area (Å²) in [6.07, 6.45) is 0. The fourth-order valence-corrected chi connectivity index (χ4v) is 11.4. The number of hydrogen-bond donors (Lipinski definition) is 0. The quantitative estimate of drug-likeness (QED) is 0.141. The van der Waals surface area contributed by atoms with Crippen LogP contribution in [0.15, 0.2) is 277 Å². The first kappa shape index (κ1) is 41.5. The molecule has 14 rings (SSSR count). The van der Waals surface area contributed by atoms with E-state index < -0.39 is 0 Å². The van der Waals surface area contributed by atoms with Gasteiger partial charge in [0, 0.05) is 33.1 Å². The molecule has 0 N–H and O–H groups in total. The lowest BCUT2D eigenvalue weighted by molar-refractivity contribution is 0.673. The highest BCUT2D eigenvalue weighted by Crippen LogP contribution is 2.48. The predicted molar refractivity (Wildman–Crippen MR) is 306 cm³/mol. The summed E-state index contributed by atoms with van der Waals surface area (Å²) in [6.45, 7) is 0. The number of furan rings is 1. The highest BCUT2D eigenvalue weighted by atomic mass is 16.3. The molecule has 336 valence electrons. The molecule has 1 heterocycles. The number of hydrogen-bond acceptors (Lipinski definition) is 2. The van der Waals surface area contributed by atoms with Gasteiger partial charge in [-0.3, -0.25) is 0 Å². The molecule has 2 nitrogen and oxygen atoms in total. The molecule has 14 aromatic rings. The minimum atomic E-state index is 0.874. The van der Waals surface area contributed by atoms with E-state index in [0.717, 1.165) is 66.6 Å². The first-order valence-electron chi connectivity index (χ1n) is 24.7. The molecule has 0 atom stereocenters. The zero-order valence-corrected chi connectivity index (χ0v) is 39.3. The van der Waals surface area contributed by atoms with E-state index in [1.807, 2.05) is 0 Å². The summed E-state index contributed by atoms with van der Waals surface area (Å²) < 4.78 is 6.73. The first-order chi connectivity index (χ1) is 35.7. The van der Waals surface area contributed by atoms with Crippen LogP contribution < -0.4 is 4.90 Å². The van der Waals surface area contributed by atoms with Crippen molar-refractivity contribution in [1.29, 1.82) is 0 Å².